The van der Waals surface area contributed by atoms with Gasteiger partial charge in [-0.2, -0.15) is 33.2 Å². The Balaban J connectivity index is 0.000000208. The maximum atomic E-state index is 8.82. The first-order valence-electron chi connectivity index (χ1n) is 13.5. The van der Waals surface area contributed by atoms with Crippen molar-refractivity contribution in [1.82, 2.24) is 29.9 Å². The summed E-state index contributed by atoms with van der Waals surface area (Å²) in [7, 11) is 0. The maximum Gasteiger partial charge on any atom is 2.00 e. The minimum atomic E-state index is 0. The van der Waals surface area contributed by atoms with Crippen molar-refractivity contribution in [2.45, 2.75) is 13.8 Å². The van der Waals surface area contributed by atoms with Crippen LogP contribution in [-0.2, 0) is 19.5 Å². The van der Waals surface area contributed by atoms with Gasteiger partial charge in [-0.05, 0) is 71.4 Å². The number of nitrogens with zero attached hydrogens (tertiary/aromatic N) is 12. The van der Waals surface area contributed by atoms with E-state index >= 15 is 0 Å². The quantitative estimate of drug-likeness (QED) is 0.0875. The Labute approximate surface area is 291 Å². The zero-order chi connectivity index (χ0) is 32.1. The van der Waals surface area contributed by atoms with E-state index in [0.29, 0.717) is 44.2 Å². The van der Waals surface area contributed by atoms with Gasteiger partial charge in [0.25, 0.3) is 0 Å². The minimum absolute atomic E-state index is 0. The van der Waals surface area contributed by atoms with Gasteiger partial charge in [-0.3, -0.25) is 30.1 Å². The number of rotatable bonds is 8. The number of hydrogen-bond donors (Lipinski definition) is 0. The average molecular weight is 704 g/mol. The van der Waals surface area contributed by atoms with Crippen molar-refractivity contribution >= 4 is 44.4 Å². The molecule has 224 valence electrons. The molecule has 4 aromatic heterocycles. The van der Waals surface area contributed by atoms with Gasteiger partial charge < -0.3 is 20.8 Å². The standard InChI is InChI=1S/2C16H11N6S.Zn/c2*1-11(14-9-18-6-7-19-14)21-22-16-20-15(10-23-16)13-4-2-12(8-17)3-5-13;/h2*2-7,9-10H,1H3;/q2*-1;+2/b2*21-11+;. The van der Waals surface area contributed by atoms with Gasteiger partial charge in [-0.25, -0.2) is 0 Å². The molecule has 0 aliphatic carbocycles. The van der Waals surface area contributed by atoms with Crippen LogP contribution in [0.2, 0.25) is 0 Å². The van der Waals surface area contributed by atoms with Gasteiger partial charge >= 0.3 is 19.5 Å². The summed E-state index contributed by atoms with van der Waals surface area (Å²) in [5, 5.41) is 30.9. The normalized spacial score (nSPS) is 10.8. The van der Waals surface area contributed by atoms with E-state index in [0.717, 1.165) is 22.5 Å². The predicted molar refractivity (Wildman–Crippen MR) is 179 cm³/mol. The van der Waals surface area contributed by atoms with Crippen LogP contribution >= 0.6 is 22.7 Å². The van der Waals surface area contributed by atoms with Crippen molar-refractivity contribution in [1.29, 1.82) is 10.5 Å². The van der Waals surface area contributed by atoms with E-state index in [1.54, 1.807) is 61.4 Å². The molecule has 6 rings (SSSR count). The van der Waals surface area contributed by atoms with Crippen molar-refractivity contribution in [3.63, 3.8) is 0 Å². The number of benzene rings is 2. The van der Waals surface area contributed by atoms with Crippen LogP contribution < -0.4 is 0 Å². The molecule has 0 aliphatic rings. The Kier molecular flexibility index (Phi) is 12.5. The van der Waals surface area contributed by atoms with E-state index in [2.05, 4.69) is 63.1 Å². The number of thiazole rings is 2. The molecule has 0 radical (unpaired) electrons. The first-order valence-corrected chi connectivity index (χ1v) is 15.2. The molecule has 47 heavy (non-hydrogen) atoms. The Morgan fingerprint density at radius 3 is 1.38 bits per heavy atom. The van der Waals surface area contributed by atoms with E-state index in [9.17, 15) is 0 Å². The first kappa shape index (κ1) is 34.3. The van der Waals surface area contributed by atoms with Crippen LogP contribution in [0.1, 0.15) is 36.4 Å². The molecule has 0 spiro atoms. The summed E-state index contributed by atoms with van der Waals surface area (Å²) >= 11 is 2.81. The number of nitriles is 2. The third-order valence-electron chi connectivity index (χ3n) is 6.04. The molecular weight excluding hydrogens is 682 g/mol. The van der Waals surface area contributed by atoms with E-state index in [-0.39, 0.29) is 19.5 Å². The van der Waals surface area contributed by atoms with E-state index < -0.39 is 0 Å². The van der Waals surface area contributed by atoms with Crippen molar-refractivity contribution in [3.05, 3.63) is 130 Å². The van der Waals surface area contributed by atoms with Crippen LogP contribution in [0.25, 0.3) is 33.4 Å². The minimum Gasteiger partial charge on any atom is -0.425 e. The van der Waals surface area contributed by atoms with Gasteiger partial charge in [0.15, 0.2) is 0 Å². The molecule has 12 nitrogen and oxygen atoms in total. The van der Waals surface area contributed by atoms with Gasteiger partial charge in [0, 0.05) is 35.1 Å². The second-order valence-electron chi connectivity index (χ2n) is 9.16. The zero-order valence-corrected chi connectivity index (χ0v) is 29.7. The Morgan fingerprint density at radius 1 is 0.638 bits per heavy atom. The summed E-state index contributed by atoms with van der Waals surface area (Å²) in [6.07, 6.45) is 9.72. The predicted octanol–water partition coefficient (Wildman–Crippen LogP) is 7.80. The van der Waals surface area contributed by atoms with Crippen LogP contribution in [0.15, 0.2) is 107 Å². The maximum absolute atomic E-state index is 8.82. The molecule has 2 aromatic carbocycles. The summed E-state index contributed by atoms with van der Waals surface area (Å²) in [6.45, 7) is 3.64. The van der Waals surface area contributed by atoms with Crippen LogP contribution in [0.4, 0.5) is 10.3 Å². The van der Waals surface area contributed by atoms with Crippen LogP contribution in [-0.4, -0.2) is 41.3 Å². The molecule has 0 saturated heterocycles. The Morgan fingerprint density at radius 2 is 1.04 bits per heavy atom. The van der Waals surface area contributed by atoms with Crippen LogP contribution in [0.5, 0.6) is 0 Å². The Bertz CT molecular complexity index is 1880. The molecule has 0 unspecified atom stereocenters. The fourth-order valence-corrected chi connectivity index (χ4v) is 4.92. The fourth-order valence-electron chi connectivity index (χ4n) is 3.63. The molecular formula is C32H22N12S2Zn. The summed E-state index contributed by atoms with van der Waals surface area (Å²) < 4.78 is 0. The summed E-state index contributed by atoms with van der Waals surface area (Å²) in [6, 6.07) is 18.7. The molecule has 0 aliphatic heterocycles. The molecule has 0 atom stereocenters. The summed E-state index contributed by atoms with van der Waals surface area (Å²) in [5.41, 5.74) is 15.7. The van der Waals surface area contributed by atoms with Gasteiger partial charge in [0.1, 0.15) is 11.4 Å². The fraction of sp³-hybridized carbons (Fsp3) is 0.0625. The van der Waals surface area contributed by atoms with Crippen molar-refractivity contribution in [2.24, 2.45) is 10.2 Å². The molecule has 0 amide bonds. The number of hydrogen-bond acceptors (Lipinski definition) is 12. The van der Waals surface area contributed by atoms with Crippen molar-refractivity contribution < 1.29 is 19.5 Å². The molecule has 15 heteroatoms. The molecule has 0 fully saturated rings. The monoisotopic (exact) mass is 702 g/mol. The molecule has 0 bridgehead atoms. The second-order valence-corrected chi connectivity index (χ2v) is 10.8. The molecule has 4 heterocycles. The Hall–Kier alpha value is -5.60. The zero-order valence-electron chi connectivity index (χ0n) is 25.1. The van der Waals surface area contributed by atoms with E-state index in [4.69, 9.17) is 10.5 Å². The van der Waals surface area contributed by atoms with Crippen LogP contribution in [0, 0.1) is 22.7 Å². The third-order valence-corrected chi connectivity index (χ3v) is 7.49. The van der Waals surface area contributed by atoms with E-state index in [1.165, 1.54) is 22.7 Å². The van der Waals surface area contributed by atoms with Crippen molar-refractivity contribution in [3.8, 4) is 34.7 Å². The second kappa shape index (κ2) is 17.2. The van der Waals surface area contributed by atoms with Crippen LogP contribution in [0.3, 0.4) is 0 Å². The van der Waals surface area contributed by atoms with Gasteiger partial charge in [0.2, 0.25) is 0 Å². The topological polar surface area (TPSA) is 178 Å². The smallest absolute Gasteiger partial charge is 0.425 e. The summed E-state index contributed by atoms with van der Waals surface area (Å²) in [5.74, 6) is 0. The molecule has 6 aromatic rings. The van der Waals surface area contributed by atoms with Gasteiger partial charge in [0.05, 0.1) is 47.1 Å². The van der Waals surface area contributed by atoms with Crippen molar-refractivity contribution in [2.75, 3.05) is 0 Å². The van der Waals surface area contributed by atoms with Gasteiger partial charge in [-0.1, -0.05) is 24.3 Å². The molecule has 0 N–H and O–H groups in total. The SMILES string of the molecule is C/C(=N\[N-]c1nc(-c2ccc(C#N)cc2)cs1)c1cnccn1.C/C(=N\[N-]c1nc(-c2ccc(C#N)cc2)cs1)c1cnccn1.[Zn+2]. The molecule has 0 saturated carbocycles. The third kappa shape index (κ3) is 9.69. The first-order chi connectivity index (χ1) is 22.5. The summed E-state index contributed by atoms with van der Waals surface area (Å²) in [4.78, 5) is 25.2. The largest absolute Gasteiger partial charge is 2.00 e. The average Bonchev–Trinajstić information content (AvgIpc) is 3.81. The van der Waals surface area contributed by atoms with E-state index in [1.807, 2.05) is 48.9 Å². The number of aromatic nitrogens is 6. The van der Waals surface area contributed by atoms with Gasteiger partial charge in [-0.15, -0.1) is 0 Å².